The van der Waals surface area contributed by atoms with Crippen LogP contribution >= 0.6 is 0 Å². The monoisotopic (exact) mass is 287 g/mol. The van der Waals surface area contributed by atoms with Crippen LogP contribution < -0.4 is 5.73 Å². The van der Waals surface area contributed by atoms with E-state index in [4.69, 9.17) is 10.2 Å². The van der Waals surface area contributed by atoms with Gasteiger partial charge in [0, 0.05) is 31.6 Å². The van der Waals surface area contributed by atoms with Crippen molar-refractivity contribution in [2.24, 2.45) is 5.73 Å². The summed E-state index contributed by atoms with van der Waals surface area (Å²) in [5.41, 5.74) is 7.72. The molecule has 1 aliphatic heterocycles. The molecule has 1 fully saturated rings. The lowest BCUT2D eigenvalue weighted by Gasteiger charge is -2.39. The molecule has 1 aromatic heterocycles. The number of nitrogens with zero attached hydrogens (tertiary/aromatic N) is 2. The van der Waals surface area contributed by atoms with Crippen molar-refractivity contribution in [3.05, 3.63) is 35.6 Å². The Morgan fingerprint density at radius 1 is 1.38 bits per heavy atom. The van der Waals surface area contributed by atoms with E-state index in [1.54, 1.807) is 0 Å². The van der Waals surface area contributed by atoms with Crippen molar-refractivity contribution in [3.8, 4) is 0 Å². The summed E-state index contributed by atoms with van der Waals surface area (Å²) in [6.45, 7) is 4.85. The van der Waals surface area contributed by atoms with Crippen LogP contribution in [0, 0.1) is 6.92 Å². The van der Waals surface area contributed by atoms with E-state index in [0.29, 0.717) is 18.8 Å². The van der Waals surface area contributed by atoms with Crippen molar-refractivity contribution in [1.82, 2.24) is 9.80 Å². The predicted molar refractivity (Wildman–Crippen MR) is 82.3 cm³/mol. The molecule has 0 saturated carbocycles. The number of furan rings is 1. The molecule has 1 unspecified atom stereocenters. The maximum atomic E-state index is 12.7. The molecule has 2 heterocycles. The molecular weight excluding hydrogens is 266 g/mol. The third-order valence-corrected chi connectivity index (χ3v) is 4.10. The van der Waals surface area contributed by atoms with Crippen molar-refractivity contribution in [3.63, 3.8) is 0 Å². The van der Waals surface area contributed by atoms with Gasteiger partial charge in [-0.25, -0.2) is 0 Å². The molecule has 112 valence electrons. The largest absolute Gasteiger partial charge is 0.451 e. The maximum Gasteiger partial charge on any atom is 0.289 e. The highest BCUT2D eigenvalue weighted by atomic mass is 16.3. The molecule has 0 bridgehead atoms. The molecule has 5 heteroatoms. The zero-order chi connectivity index (χ0) is 15.0. The number of rotatable bonds is 2. The van der Waals surface area contributed by atoms with Crippen LogP contribution in [-0.2, 0) is 0 Å². The van der Waals surface area contributed by atoms with Crippen LogP contribution in [0.15, 0.2) is 28.7 Å². The number of hydrogen-bond acceptors (Lipinski definition) is 4. The third-order valence-electron chi connectivity index (χ3n) is 4.10. The molecule has 2 aromatic rings. The lowest BCUT2D eigenvalue weighted by atomic mass is 10.1. The average molecular weight is 287 g/mol. The second-order valence-corrected chi connectivity index (χ2v) is 5.80. The first-order valence-electron chi connectivity index (χ1n) is 7.28. The SMILES string of the molecule is Cc1ccc2oc(C(=O)N3CCN(C)CC3CN)cc2c1. The molecule has 1 atom stereocenters. The number of piperazine rings is 1. The van der Waals surface area contributed by atoms with Gasteiger partial charge in [0.15, 0.2) is 5.76 Å². The van der Waals surface area contributed by atoms with Gasteiger partial charge in [-0.15, -0.1) is 0 Å². The summed E-state index contributed by atoms with van der Waals surface area (Å²) in [5.74, 6) is 0.339. The Labute approximate surface area is 124 Å². The van der Waals surface area contributed by atoms with Gasteiger partial charge in [-0.05, 0) is 32.2 Å². The van der Waals surface area contributed by atoms with Gasteiger partial charge < -0.3 is 20.0 Å². The Hall–Kier alpha value is -1.85. The quantitative estimate of drug-likeness (QED) is 0.908. The Bertz CT molecular complexity index is 665. The summed E-state index contributed by atoms with van der Waals surface area (Å²) in [7, 11) is 2.05. The van der Waals surface area contributed by atoms with Gasteiger partial charge in [0.05, 0.1) is 6.04 Å². The lowest BCUT2D eigenvalue weighted by Crippen LogP contribution is -2.56. The zero-order valence-corrected chi connectivity index (χ0v) is 12.5. The number of fused-ring (bicyclic) bond motifs is 1. The Morgan fingerprint density at radius 2 is 2.19 bits per heavy atom. The minimum absolute atomic E-state index is 0.0474. The number of carbonyl (C=O) groups excluding carboxylic acids is 1. The fraction of sp³-hybridized carbons (Fsp3) is 0.438. The van der Waals surface area contributed by atoms with Gasteiger partial charge in [0.1, 0.15) is 5.58 Å². The summed E-state index contributed by atoms with van der Waals surface area (Å²) in [5, 5.41) is 0.969. The highest BCUT2D eigenvalue weighted by Crippen LogP contribution is 2.23. The molecule has 0 spiro atoms. The fourth-order valence-electron chi connectivity index (χ4n) is 2.89. The highest BCUT2D eigenvalue weighted by molar-refractivity contribution is 5.96. The summed E-state index contributed by atoms with van der Waals surface area (Å²) in [4.78, 5) is 16.7. The number of benzene rings is 1. The summed E-state index contributed by atoms with van der Waals surface area (Å²) < 4.78 is 5.71. The van der Waals surface area contributed by atoms with Gasteiger partial charge >= 0.3 is 0 Å². The average Bonchev–Trinajstić information content (AvgIpc) is 2.89. The van der Waals surface area contributed by atoms with Crippen molar-refractivity contribution >= 4 is 16.9 Å². The van der Waals surface area contributed by atoms with E-state index in [1.165, 1.54) is 0 Å². The molecule has 0 aliphatic carbocycles. The van der Waals surface area contributed by atoms with E-state index in [-0.39, 0.29) is 11.9 Å². The molecule has 0 radical (unpaired) electrons. The molecule has 1 amide bonds. The Kier molecular flexibility index (Phi) is 3.69. The van der Waals surface area contributed by atoms with Crippen LogP contribution in [0.25, 0.3) is 11.0 Å². The van der Waals surface area contributed by atoms with Crippen LogP contribution in [0.3, 0.4) is 0 Å². The minimum atomic E-state index is -0.0626. The first-order chi connectivity index (χ1) is 10.1. The molecule has 2 N–H and O–H groups in total. The molecule has 1 saturated heterocycles. The summed E-state index contributed by atoms with van der Waals surface area (Å²) >= 11 is 0. The van der Waals surface area contributed by atoms with E-state index in [1.807, 2.05) is 36.1 Å². The first kappa shape index (κ1) is 14.1. The van der Waals surface area contributed by atoms with Crippen LogP contribution in [0.1, 0.15) is 16.1 Å². The van der Waals surface area contributed by atoms with E-state index in [0.717, 1.165) is 29.6 Å². The van der Waals surface area contributed by atoms with Crippen LogP contribution in [-0.4, -0.2) is 55.0 Å². The van der Waals surface area contributed by atoms with Crippen molar-refractivity contribution in [2.45, 2.75) is 13.0 Å². The normalized spacial score (nSPS) is 20.1. The first-order valence-corrected chi connectivity index (χ1v) is 7.28. The van der Waals surface area contributed by atoms with Gasteiger partial charge in [-0.2, -0.15) is 0 Å². The van der Waals surface area contributed by atoms with Crippen molar-refractivity contribution in [1.29, 1.82) is 0 Å². The van der Waals surface area contributed by atoms with E-state index in [9.17, 15) is 4.79 Å². The topological polar surface area (TPSA) is 62.7 Å². The van der Waals surface area contributed by atoms with Gasteiger partial charge in [0.25, 0.3) is 5.91 Å². The van der Waals surface area contributed by atoms with Crippen LogP contribution in [0.5, 0.6) is 0 Å². The molecular formula is C16H21N3O2. The molecule has 3 rings (SSSR count). The number of nitrogens with two attached hydrogens (primary N) is 1. The number of likely N-dealkylation sites (N-methyl/N-ethyl adjacent to an activating group) is 1. The van der Waals surface area contributed by atoms with Crippen molar-refractivity contribution < 1.29 is 9.21 Å². The molecule has 1 aliphatic rings. The maximum absolute atomic E-state index is 12.7. The van der Waals surface area contributed by atoms with E-state index in [2.05, 4.69) is 11.9 Å². The highest BCUT2D eigenvalue weighted by Gasteiger charge is 2.30. The number of amides is 1. The minimum Gasteiger partial charge on any atom is -0.451 e. The Balaban J connectivity index is 1.88. The number of hydrogen-bond donors (Lipinski definition) is 1. The van der Waals surface area contributed by atoms with Gasteiger partial charge in [0.2, 0.25) is 0 Å². The predicted octanol–water partition coefficient (Wildman–Crippen LogP) is 1.46. The molecule has 5 nitrogen and oxygen atoms in total. The zero-order valence-electron chi connectivity index (χ0n) is 12.5. The van der Waals surface area contributed by atoms with Crippen molar-refractivity contribution in [2.75, 3.05) is 33.2 Å². The fourth-order valence-corrected chi connectivity index (χ4v) is 2.89. The summed E-state index contributed by atoms with van der Waals surface area (Å²) in [6.07, 6.45) is 0. The second-order valence-electron chi connectivity index (χ2n) is 5.80. The second kappa shape index (κ2) is 5.50. The standard InChI is InChI=1S/C16H21N3O2/c1-11-3-4-14-12(7-11)8-15(21-14)16(20)19-6-5-18(2)10-13(19)9-17/h3-4,7-8,13H,5-6,9-10,17H2,1-2H3. The van der Waals surface area contributed by atoms with Crippen LogP contribution in [0.4, 0.5) is 0 Å². The molecule has 21 heavy (non-hydrogen) atoms. The number of carbonyl (C=O) groups is 1. The van der Waals surface area contributed by atoms with E-state index >= 15 is 0 Å². The smallest absolute Gasteiger partial charge is 0.289 e. The van der Waals surface area contributed by atoms with Gasteiger partial charge in [-0.1, -0.05) is 11.6 Å². The third kappa shape index (κ3) is 2.66. The summed E-state index contributed by atoms with van der Waals surface area (Å²) in [6, 6.07) is 7.80. The van der Waals surface area contributed by atoms with E-state index < -0.39 is 0 Å². The van der Waals surface area contributed by atoms with Crippen LogP contribution in [0.2, 0.25) is 0 Å². The Morgan fingerprint density at radius 3 is 2.95 bits per heavy atom. The van der Waals surface area contributed by atoms with Gasteiger partial charge in [-0.3, -0.25) is 4.79 Å². The number of aryl methyl sites for hydroxylation is 1. The molecule has 1 aromatic carbocycles. The lowest BCUT2D eigenvalue weighted by molar-refractivity contribution is 0.0488.